The highest BCUT2D eigenvalue weighted by Gasteiger charge is 2.68. The summed E-state index contributed by atoms with van der Waals surface area (Å²) in [4.78, 5) is 2.54. The molecule has 2 aliphatic heterocycles. The topological polar surface area (TPSA) is 21.7 Å². The van der Waals surface area contributed by atoms with Crippen LogP contribution in [-0.4, -0.2) is 37.0 Å². The first-order chi connectivity index (χ1) is 9.25. The van der Waals surface area contributed by atoms with Crippen LogP contribution < -0.4 is 0 Å². The van der Waals surface area contributed by atoms with Crippen molar-refractivity contribution in [3.63, 3.8) is 0 Å². The fraction of sp³-hybridized carbons (Fsp3) is 0.625. The summed E-state index contributed by atoms with van der Waals surface area (Å²) in [7, 11) is 0. The molecule has 102 valence electrons. The third-order valence-corrected chi connectivity index (χ3v) is 5.16. The zero-order chi connectivity index (χ0) is 12.9. The fourth-order valence-corrected chi connectivity index (χ4v) is 3.76. The maximum Gasteiger partial charge on any atom is 0.188 e. The van der Waals surface area contributed by atoms with Crippen molar-refractivity contribution in [2.45, 2.75) is 31.6 Å². The van der Waals surface area contributed by atoms with Crippen molar-refractivity contribution in [3.05, 3.63) is 35.9 Å². The number of fused-ring (bicyclic) bond motifs is 1. The van der Waals surface area contributed by atoms with Crippen LogP contribution in [0.3, 0.4) is 0 Å². The molecule has 0 radical (unpaired) electrons. The molecule has 1 atom stereocenters. The Morgan fingerprint density at radius 2 is 1.74 bits per heavy atom. The van der Waals surface area contributed by atoms with Crippen LogP contribution in [0.4, 0.5) is 0 Å². The lowest BCUT2D eigenvalue weighted by Crippen LogP contribution is -2.40. The molecule has 1 unspecified atom stereocenters. The molecule has 0 N–H and O–H groups in total. The van der Waals surface area contributed by atoms with Crippen molar-refractivity contribution in [2.75, 3.05) is 26.3 Å². The third-order valence-electron chi connectivity index (χ3n) is 5.16. The SMILES string of the molecule is CC(c1ccccc1)N1CC2(CC2)C2(C1)OCCO2. The van der Waals surface area contributed by atoms with E-state index in [0.29, 0.717) is 6.04 Å². The van der Waals surface area contributed by atoms with Crippen LogP contribution in [-0.2, 0) is 9.47 Å². The summed E-state index contributed by atoms with van der Waals surface area (Å²) >= 11 is 0. The summed E-state index contributed by atoms with van der Waals surface area (Å²) < 4.78 is 12.1. The smallest absolute Gasteiger partial charge is 0.188 e. The number of hydrogen-bond acceptors (Lipinski definition) is 3. The molecular weight excluding hydrogens is 238 g/mol. The van der Waals surface area contributed by atoms with Gasteiger partial charge in [0.15, 0.2) is 5.79 Å². The second-order valence-electron chi connectivity index (χ2n) is 6.22. The number of rotatable bonds is 2. The number of benzene rings is 1. The van der Waals surface area contributed by atoms with E-state index in [1.807, 2.05) is 0 Å². The quantitative estimate of drug-likeness (QED) is 0.815. The molecule has 4 rings (SSSR count). The van der Waals surface area contributed by atoms with Crippen LogP contribution in [0.25, 0.3) is 0 Å². The standard InChI is InChI=1S/C16H21NO2/c1-13(14-5-3-2-4-6-14)17-11-15(7-8-15)16(12-17)18-9-10-19-16/h2-6,13H,7-12H2,1H3. The van der Waals surface area contributed by atoms with E-state index in [1.165, 1.54) is 18.4 Å². The van der Waals surface area contributed by atoms with Gasteiger partial charge in [0, 0.05) is 18.0 Å². The molecule has 3 heteroatoms. The summed E-state index contributed by atoms with van der Waals surface area (Å²) in [6.45, 7) is 5.84. The van der Waals surface area contributed by atoms with E-state index in [9.17, 15) is 0 Å². The van der Waals surface area contributed by atoms with Gasteiger partial charge >= 0.3 is 0 Å². The molecule has 1 aromatic rings. The summed E-state index contributed by atoms with van der Waals surface area (Å²) in [5, 5.41) is 0. The molecule has 0 bridgehead atoms. The molecular formula is C16H21NO2. The predicted octanol–water partition coefficient (Wildman–Crippen LogP) is 2.59. The summed E-state index contributed by atoms with van der Waals surface area (Å²) in [6.07, 6.45) is 2.51. The van der Waals surface area contributed by atoms with Crippen LogP contribution >= 0.6 is 0 Å². The van der Waals surface area contributed by atoms with Gasteiger partial charge in [0.25, 0.3) is 0 Å². The van der Waals surface area contributed by atoms with Gasteiger partial charge in [0.2, 0.25) is 0 Å². The van der Waals surface area contributed by atoms with Crippen LogP contribution in [0.5, 0.6) is 0 Å². The molecule has 19 heavy (non-hydrogen) atoms. The minimum atomic E-state index is -0.296. The lowest BCUT2D eigenvalue weighted by molar-refractivity contribution is -0.182. The number of ether oxygens (including phenoxy) is 2. The lowest BCUT2D eigenvalue weighted by Gasteiger charge is -2.29. The number of likely N-dealkylation sites (tertiary alicyclic amines) is 1. The molecule has 0 amide bonds. The second-order valence-corrected chi connectivity index (χ2v) is 6.22. The van der Waals surface area contributed by atoms with Crippen molar-refractivity contribution in [3.8, 4) is 0 Å². The predicted molar refractivity (Wildman–Crippen MR) is 72.7 cm³/mol. The summed E-state index contributed by atoms with van der Waals surface area (Å²) in [5.41, 5.74) is 1.67. The summed E-state index contributed by atoms with van der Waals surface area (Å²) in [6, 6.07) is 11.2. The first-order valence-corrected chi connectivity index (χ1v) is 7.32. The molecule has 3 aliphatic rings. The zero-order valence-electron chi connectivity index (χ0n) is 11.5. The van der Waals surface area contributed by atoms with Gasteiger partial charge in [-0.25, -0.2) is 0 Å². The largest absolute Gasteiger partial charge is 0.346 e. The van der Waals surface area contributed by atoms with Crippen LogP contribution in [0.1, 0.15) is 31.4 Å². The zero-order valence-corrected chi connectivity index (χ0v) is 11.5. The lowest BCUT2D eigenvalue weighted by atomic mass is 9.99. The highest BCUT2D eigenvalue weighted by Crippen LogP contribution is 2.62. The first kappa shape index (κ1) is 11.9. The molecule has 2 saturated heterocycles. The highest BCUT2D eigenvalue weighted by atomic mass is 16.7. The first-order valence-electron chi connectivity index (χ1n) is 7.32. The average Bonchev–Trinajstić information content (AvgIpc) is 2.97. The minimum Gasteiger partial charge on any atom is -0.346 e. The van der Waals surface area contributed by atoms with Crippen molar-refractivity contribution >= 4 is 0 Å². The number of hydrogen-bond donors (Lipinski definition) is 0. The molecule has 1 saturated carbocycles. The van der Waals surface area contributed by atoms with Crippen molar-refractivity contribution < 1.29 is 9.47 Å². The van der Waals surface area contributed by atoms with Gasteiger partial charge in [0.1, 0.15) is 0 Å². The van der Waals surface area contributed by atoms with Gasteiger partial charge < -0.3 is 9.47 Å². The Balaban J connectivity index is 1.58. The van der Waals surface area contributed by atoms with Gasteiger partial charge in [-0.05, 0) is 25.3 Å². The molecule has 3 nitrogen and oxygen atoms in total. The van der Waals surface area contributed by atoms with E-state index in [2.05, 4.69) is 42.2 Å². The molecule has 2 spiro atoms. The molecule has 1 aromatic carbocycles. The van der Waals surface area contributed by atoms with Gasteiger partial charge in [-0.1, -0.05) is 30.3 Å². The van der Waals surface area contributed by atoms with Crippen LogP contribution in [0, 0.1) is 5.41 Å². The van der Waals surface area contributed by atoms with E-state index < -0.39 is 0 Å². The third kappa shape index (κ3) is 1.69. The molecule has 2 heterocycles. The van der Waals surface area contributed by atoms with Crippen LogP contribution in [0.15, 0.2) is 30.3 Å². The van der Waals surface area contributed by atoms with Gasteiger partial charge in [0.05, 0.1) is 19.8 Å². The van der Waals surface area contributed by atoms with E-state index >= 15 is 0 Å². The van der Waals surface area contributed by atoms with Gasteiger partial charge in [-0.2, -0.15) is 0 Å². The Bertz CT molecular complexity index is 463. The maximum atomic E-state index is 6.03. The van der Waals surface area contributed by atoms with E-state index in [-0.39, 0.29) is 11.2 Å². The fourth-order valence-electron chi connectivity index (χ4n) is 3.76. The van der Waals surface area contributed by atoms with E-state index in [1.54, 1.807) is 0 Å². The Labute approximate surface area is 114 Å². The van der Waals surface area contributed by atoms with Gasteiger partial charge in [-0.15, -0.1) is 0 Å². The Hall–Kier alpha value is -0.900. The van der Waals surface area contributed by atoms with Crippen LogP contribution in [0.2, 0.25) is 0 Å². The summed E-state index contributed by atoms with van der Waals surface area (Å²) in [5.74, 6) is -0.296. The molecule has 0 aromatic heterocycles. The van der Waals surface area contributed by atoms with Gasteiger partial charge in [-0.3, -0.25) is 4.90 Å². The second kappa shape index (κ2) is 4.05. The van der Waals surface area contributed by atoms with E-state index in [0.717, 1.165) is 26.3 Å². The number of nitrogens with zero attached hydrogens (tertiary/aromatic N) is 1. The van der Waals surface area contributed by atoms with Crippen molar-refractivity contribution in [1.29, 1.82) is 0 Å². The Morgan fingerprint density at radius 3 is 2.37 bits per heavy atom. The van der Waals surface area contributed by atoms with Crippen molar-refractivity contribution in [1.82, 2.24) is 4.90 Å². The van der Waals surface area contributed by atoms with E-state index in [4.69, 9.17) is 9.47 Å². The normalized spacial score (nSPS) is 29.1. The van der Waals surface area contributed by atoms with Crippen molar-refractivity contribution in [2.24, 2.45) is 5.41 Å². The molecule has 1 aliphatic carbocycles. The highest BCUT2D eigenvalue weighted by molar-refractivity contribution is 5.21. The Morgan fingerprint density at radius 1 is 1.05 bits per heavy atom. The average molecular weight is 259 g/mol. The molecule has 3 fully saturated rings. The monoisotopic (exact) mass is 259 g/mol. The Kier molecular flexibility index (Phi) is 2.53. The minimum absolute atomic E-state index is 0.284. The maximum absolute atomic E-state index is 6.03.